The lowest BCUT2D eigenvalue weighted by atomic mass is 9.63. The van der Waals surface area contributed by atoms with Crippen molar-refractivity contribution in [3.05, 3.63) is 65.0 Å². The van der Waals surface area contributed by atoms with E-state index in [4.69, 9.17) is 4.74 Å². The maximum Gasteiger partial charge on any atom is 0.340 e. The quantitative estimate of drug-likeness (QED) is 0.297. The summed E-state index contributed by atoms with van der Waals surface area (Å²) in [5.41, 5.74) is 3.75. The van der Waals surface area contributed by atoms with Gasteiger partial charge in [0, 0.05) is 17.0 Å². The highest BCUT2D eigenvalue weighted by molar-refractivity contribution is 6.06. The lowest BCUT2D eigenvalue weighted by Gasteiger charge is -2.37. The van der Waals surface area contributed by atoms with Crippen LogP contribution >= 0.6 is 0 Å². The van der Waals surface area contributed by atoms with Crippen LogP contribution in [0.1, 0.15) is 40.7 Å². The first-order valence-corrected chi connectivity index (χ1v) is 12.0. The number of aryl methyl sites for hydroxylation is 1. The van der Waals surface area contributed by atoms with Crippen LogP contribution < -0.4 is 0 Å². The number of amides is 2. The SMILES string of the molecule is CCOC(=O)c1ccccc1-n1c(C)cc(/C=N\N2C(=O)[C@@H]3[C@H]4C=C[C@@H]([C@@H]5C[C@H]45)[C@@H]3C2=O)c1C. The molecule has 0 spiro atoms. The van der Waals surface area contributed by atoms with Crippen molar-refractivity contribution in [2.24, 2.45) is 40.6 Å². The molecule has 6 atom stereocenters. The maximum atomic E-state index is 13.2. The average molecular weight is 458 g/mol. The molecule has 5 aliphatic rings. The third-order valence-corrected chi connectivity index (χ3v) is 8.06. The van der Waals surface area contributed by atoms with Gasteiger partial charge in [-0.3, -0.25) is 9.59 Å². The van der Waals surface area contributed by atoms with Crippen molar-refractivity contribution in [1.29, 1.82) is 0 Å². The van der Waals surface area contributed by atoms with E-state index in [0.29, 0.717) is 24.0 Å². The Hall–Kier alpha value is -3.48. The molecule has 1 saturated heterocycles. The fraction of sp³-hybridized carbons (Fsp3) is 0.407. The maximum absolute atomic E-state index is 13.2. The molecule has 4 aliphatic carbocycles. The van der Waals surface area contributed by atoms with Gasteiger partial charge in [0.05, 0.1) is 35.9 Å². The summed E-state index contributed by atoms with van der Waals surface area (Å²) >= 11 is 0. The molecule has 2 amide bonds. The Morgan fingerprint density at radius 2 is 1.74 bits per heavy atom. The lowest BCUT2D eigenvalue weighted by molar-refractivity contribution is -0.140. The number of hydrogen-bond donors (Lipinski definition) is 0. The van der Waals surface area contributed by atoms with Gasteiger partial charge in [0.15, 0.2) is 0 Å². The predicted molar refractivity (Wildman–Crippen MR) is 125 cm³/mol. The summed E-state index contributed by atoms with van der Waals surface area (Å²) in [6.45, 7) is 5.96. The Balaban J connectivity index is 1.30. The van der Waals surface area contributed by atoms with Gasteiger partial charge < -0.3 is 9.30 Å². The van der Waals surface area contributed by atoms with E-state index in [0.717, 1.165) is 34.1 Å². The van der Waals surface area contributed by atoms with E-state index in [9.17, 15) is 14.4 Å². The number of ether oxygens (including phenoxy) is 1. The van der Waals surface area contributed by atoms with Gasteiger partial charge in [0.25, 0.3) is 11.8 Å². The minimum atomic E-state index is -0.377. The van der Waals surface area contributed by atoms with Crippen molar-refractivity contribution in [3.63, 3.8) is 0 Å². The smallest absolute Gasteiger partial charge is 0.340 e. The highest BCUT2D eigenvalue weighted by Gasteiger charge is 2.67. The summed E-state index contributed by atoms with van der Waals surface area (Å²) in [6, 6.07) is 9.25. The Morgan fingerprint density at radius 1 is 1.09 bits per heavy atom. The number of carbonyl (C=O) groups is 3. The number of hydrazone groups is 1. The lowest BCUT2D eigenvalue weighted by Crippen LogP contribution is -2.40. The second kappa shape index (κ2) is 7.52. The number of aromatic nitrogens is 1. The van der Waals surface area contributed by atoms with Gasteiger partial charge in [-0.05, 0) is 69.1 Å². The topological polar surface area (TPSA) is 81.0 Å². The average Bonchev–Trinajstić information content (AvgIpc) is 3.56. The number of benzene rings is 1. The fourth-order valence-electron chi connectivity index (χ4n) is 6.51. The number of hydrogen-bond acceptors (Lipinski definition) is 5. The summed E-state index contributed by atoms with van der Waals surface area (Å²) in [4.78, 5) is 38.9. The van der Waals surface area contributed by atoms with Crippen LogP contribution in [0, 0.1) is 49.4 Å². The largest absolute Gasteiger partial charge is 0.462 e. The Labute approximate surface area is 198 Å². The van der Waals surface area contributed by atoms with Crippen molar-refractivity contribution in [2.45, 2.75) is 27.2 Å². The van der Waals surface area contributed by atoms with Crippen molar-refractivity contribution in [1.82, 2.24) is 9.58 Å². The van der Waals surface area contributed by atoms with E-state index in [1.165, 1.54) is 0 Å². The zero-order chi connectivity index (χ0) is 23.7. The molecule has 3 fully saturated rings. The summed E-state index contributed by atoms with van der Waals surface area (Å²) in [6.07, 6.45) is 7.05. The first-order chi connectivity index (χ1) is 16.4. The molecule has 1 aliphatic heterocycles. The third kappa shape index (κ3) is 2.89. The first-order valence-electron chi connectivity index (χ1n) is 12.0. The van der Waals surface area contributed by atoms with Crippen molar-refractivity contribution in [2.75, 3.05) is 6.61 Å². The highest BCUT2D eigenvalue weighted by Crippen LogP contribution is 2.65. The molecule has 0 N–H and O–H groups in total. The van der Waals surface area contributed by atoms with Gasteiger partial charge in [0.2, 0.25) is 0 Å². The molecule has 7 heteroatoms. The molecule has 2 saturated carbocycles. The van der Waals surface area contributed by atoms with Gasteiger partial charge in [-0.25, -0.2) is 4.79 Å². The molecule has 1 aromatic heterocycles. The van der Waals surface area contributed by atoms with E-state index < -0.39 is 0 Å². The van der Waals surface area contributed by atoms with E-state index in [-0.39, 0.29) is 41.5 Å². The number of allylic oxidation sites excluding steroid dienone is 2. The van der Waals surface area contributed by atoms with E-state index in [2.05, 4.69) is 17.3 Å². The zero-order valence-corrected chi connectivity index (χ0v) is 19.5. The zero-order valence-electron chi connectivity index (χ0n) is 19.5. The summed E-state index contributed by atoms with van der Waals surface area (Å²) < 4.78 is 7.20. The minimum absolute atomic E-state index is 0.169. The van der Waals surface area contributed by atoms with Gasteiger partial charge in [-0.15, -0.1) is 0 Å². The fourth-order valence-corrected chi connectivity index (χ4v) is 6.51. The third-order valence-electron chi connectivity index (χ3n) is 8.06. The number of carbonyl (C=O) groups excluding carboxylic acids is 3. The second-order valence-corrected chi connectivity index (χ2v) is 9.79. The van der Waals surface area contributed by atoms with Crippen LogP contribution in [0.3, 0.4) is 0 Å². The molecule has 2 heterocycles. The summed E-state index contributed by atoms with van der Waals surface area (Å²) in [7, 11) is 0. The number of esters is 1. The highest BCUT2D eigenvalue weighted by atomic mass is 16.5. The molecule has 2 aromatic rings. The van der Waals surface area contributed by atoms with Crippen LogP contribution in [0.4, 0.5) is 0 Å². The number of rotatable bonds is 5. The van der Waals surface area contributed by atoms with Crippen LogP contribution in [0.5, 0.6) is 0 Å². The second-order valence-electron chi connectivity index (χ2n) is 9.79. The van der Waals surface area contributed by atoms with Gasteiger partial charge in [-0.2, -0.15) is 10.1 Å². The molecule has 0 unspecified atom stereocenters. The predicted octanol–water partition coefficient (Wildman–Crippen LogP) is 3.66. The monoisotopic (exact) mass is 457 g/mol. The molecular formula is C27H27N3O4. The Morgan fingerprint density at radius 3 is 2.38 bits per heavy atom. The van der Waals surface area contributed by atoms with E-state index in [1.54, 1.807) is 19.2 Å². The van der Waals surface area contributed by atoms with Crippen molar-refractivity contribution >= 4 is 24.0 Å². The molecule has 1 aromatic carbocycles. The molecule has 174 valence electrons. The Kier molecular flexibility index (Phi) is 4.66. The molecule has 2 bridgehead atoms. The van der Waals surface area contributed by atoms with Gasteiger partial charge in [-0.1, -0.05) is 24.3 Å². The minimum Gasteiger partial charge on any atom is -0.462 e. The summed E-state index contributed by atoms with van der Waals surface area (Å²) in [5, 5.41) is 5.49. The van der Waals surface area contributed by atoms with Gasteiger partial charge in [0.1, 0.15) is 0 Å². The Bertz CT molecular complexity index is 1250. The standard InChI is InChI=1S/C27H27N3O4/c1-4-34-27(33)19-7-5-6-8-22(19)29-14(2)11-16(15(29)3)13-28-30-25(31)23-17-9-10-18(21-12-20(17)21)24(23)26(30)32/h5-11,13,17-18,20-21,23-24H,4,12H2,1-3H3/b28-13-/t17-,18-,20-,21+,23-,24+/m0/s1. The number of nitrogens with zero attached hydrogens (tertiary/aromatic N) is 3. The van der Waals surface area contributed by atoms with E-state index in [1.807, 2.05) is 42.7 Å². The normalized spacial score (nSPS) is 30.7. The van der Waals surface area contributed by atoms with Crippen LogP contribution in [-0.4, -0.2) is 40.2 Å². The van der Waals surface area contributed by atoms with Crippen LogP contribution in [0.25, 0.3) is 5.69 Å². The van der Waals surface area contributed by atoms with Crippen LogP contribution in [0.15, 0.2) is 47.6 Å². The van der Waals surface area contributed by atoms with Crippen LogP contribution in [0.2, 0.25) is 0 Å². The van der Waals surface area contributed by atoms with E-state index >= 15 is 0 Å². The van der Waals surface area contributed by atoms with Crippen molar-refractivity contribution in [3.8, 4) is 5.69 Å². The molecule has 0 radical (unpaired) electrons. The molecule has 7 rings (SSSR count). The molecular weight excluding hydrogens is 430 g/mol. The van der Waals surface area contributed by atoms with Crippen LogP contribution in [-0.2, 0) is 14.3 Å². The summed E-state index contributed by atoms with van der Waals surface area (Å²) in [5.74, 6) is 0.264. The number of para-hydroxylation sites is 1. The first kappa shape index (κ1) is 21.1. The van der Waals surface area contributed by atoms with Crippen molar-refractivity contribution < 1.29 is 19.1 Å². The molecule has 7 nitrogen and oxygen atoms in total. The number of imide groups is 1. The molecule has 34 heavy (non-hydrogen) atoms. The van der Waals surface area contributed by atoms with Gasteiger partial charge >= 0.3 is 5.97 Å².